The Morgan fingerprint density at radius 1 is 1.37 bits per heavy atom. The summed E-state index contributed by atoms with van der Waals surface area (Å²) in [4.78, 5) is 12.4. The van der Waals surface area contributed by atoms with E-state index in [1.54, 1.807) is 7.11 Å². The fourth-order valence-corrected chi connectivity index (χ4v) is 4.04. The third-order valence-electron chi connectivity index (χ3n) is 5.07. The first kappa shape index (κ1) is 14.6. The number of ether oxygens (including phenoxy) is 1. The van der Waals surface area contributed by atoms with Crippen LogP contribution in [0.25, 0.3) is 0 Å². The normalized spacial score (nSPS) is 33.6. The van der Waals surface area contributed by atoms with Crippen LogP contribution in [-0.4, -0.2) is 13.1 Å². The monoisotopic (exact) mass is 264 g/mol. The van der Waals surface area contributed by atoms with Crippen LogP contribution in [0.4, 0.5) is 0 Å². The zero-order chi connectivity index (χ0) is 13.7. The van der Waals surface area contributed by atoms with E-state index >= 15 is 0 Å². The number of hydrogen-bond donors (Lipinski definition) is 0. The summed E-state index contributed by atoms with van der Waals surface area (Å²) in [5.41, 5.74) is 1.33. The Labute approximate surface area is 117 Å². The van der Waals surface area contributed by atoms with Gasteiger partial charge < -0.3 is 4.74 Å². The maximum absolute atomic E-state index is 12.4. The molecule has 2 saturated carbocycles. The summed E-state index contributed by atoms with van der Waals surface area (Å²) in [5, 5.41) is 0. The van der Waals surface area contributed by atoms with Crippen LogP contribution in [0, 0.1) is 11.3 Å². The molecule has 0 aromatic heterocycles. The molecule has 19 heavy (non-hydrogen) atoms. The summed E-state index contributed by atoms with van der Waals surface area (Å²) < 4.78 is 5.18. The van der Waals surface area contributed by atoms with Crippen LogP contribution in [0.5, 0.6) is 0 Å². The fourth-order valence-electron chi connectivity index (χ4n) is 4.04. The molecule has 0 unspecified atom stereocenters. The van der Waals surface area contributed by atoms with Gasteiger partial charge in [-0.1, -0.05) is 50.7 Å². The Kier molecular flexibility index (Phi) is 5.06. The van der Waals surface area contributed by atoms with Crippen LogP contribution >= 0.6 is 0 Å². The number of carbonyl (C=O) groups excluding carboxylic acids is 1. The SMILES string of the molecule is CCC/C=C1/C[C@H]2CCCCCC[C@]2(C(=O)OC)C1. The van der Waals surface area contributed by atoms with Crippen molar-refractivity contribution in [2.45, 2.75) is 71.1 Å². The smallest absolute Gasteiger partial charge is 0.312 e. The highest BCUT2D eigenvalue weighted by Crippen LogP contribution is 2.53. The van der Waals surface area contributed by atoms with Crippen LogP contribution in [0.3, 0.4) is 0 Å². The number of carbonyl (C=O) groups is 1. The second kappa shape index (κ2) is 6.58. The van der Waals surface area contributed by atoms with Gasteiger partial charge in [0.15, 0.2) is 0 Å². The number of unbranched alkanes of at least 4 members (excludes halogenated alkanes) is 1. The van der Waals surface area contributed by atoms with Gasteiger partial charge in [0.25, 0.3) is 0 Å². The number of fused-ring (bicyclic) bond motifs is 1. The quantitative estimate of drug-likeness (QED) is 0.548. The maximum atomic E-state index is 12.4. The molecule has 2 aliphatic carbocycles. The van der Waals surface area contributed by atoms with E-state index in [-0.39, 0.29) is 11.4 Å². The Morgan fingerprint density at radius 3 is 2.89 bits per heavy atom. The molecule has 0 bridgehead atoms. The highest BCUT2D eigenvalue weighted by Gasteiger charge is 2.50. The Hall–Kier alpha value is -0.790. The minimum absolute atomic E-state index is 0.0549. The van der Waals surface area contributed by atoms with E-state index in [9.17, 15) is 4.79 Å². The fraction of sp³-hybridized carbons (Fsp3) is 0.824. The van der Waals surface area contributed by atoms with Gasteiger partial charge in [-0.15, -0.1) is 0 Å². The molecule has 0 spiro atoms. The van der Waals surface area contributed by atoms with E-state index in [1.807, 2.05) is 0 Å². The lowest BCUT2D eigenvalue weighted by atomic mass is 9.70. The van der Waals surface area contributed by atoms with Gasteiger partial charge in [0.2, 0.25) is 0 Å². The van der Waals surface area contributed by atoms with Gasteiger partial charge in [-0.05, 0) is 38.0 Å². The Bertz CT molecular complexity index is 345. The van der Waals surface area contributed by atoms with Crippen molar-refractivity contribution in [1.29, 1.82) is 0 Å². The standard InChI is InChI=1S/C17H28O2/c1-3-4-9-14-12-15-10-7-5-6-8-11-17(15,13-14)16(18)19-2/h9,15H,3-8,10-13H2,1-2H3/b14-9-/t15-,17+/m1/s1. The average Bonchev–Trinajstić information content (AvgIpc) is 2.74. The molecule has 0 radical (unpaired) electrons. The third-order valence-corrected chi connectivity index (χ3v) is 5.07. The lowest BCUT2D eigenvalue weighted by molar-refractivity contribution is -0.156. The summed E-state index contributed by atoms with van der Waals surface area (Å²) in [6.45, 7) is 2.21. The molecule has 0 amide bonds. The molecular formula is C17H28O2. The van der Waals surface area contributed by atoms with Gasteiger partial charge >= 0.3 is 5.97 Å². The first-order valence-corrected chi connectivity index (χ1v) is 7.99. The predicted octanol–water partition coefficient (Wildman–Crippen LogP) is 4.64. The van der Waals surface area contributed by atoms with Crippen molar-refractivity contribution in [1.82, 2.24) is 0 Å². The van der Waals surface area contributed by atoms with Gasteiger partial charge in [0.05, 0.1) is 12.5 Å². The van der Waals surface area contributed by atoms with E-state index in [4.69, 9.17) is 4.74 Å². The molecule has 108 valence electrons. The first-order chi connectivity index (χ1) is 9.23. The molecule has 2 atom stereocenters. The number of rotatable bonds is 3. The van der Waals surface area contributed by atoms with Crippen molar-refractivity contribution < 1.29 is 9.53 Å². The number of hydrogen-bond acceptors (Lipinski definition) is 2. The van der Waals surface area contributed by atoms with E-state index in [0.717, 1.165) is 25.7 Å². The number of allylic oxidation sites excluding steroid dienone is 2. The summed E-state index contributed by atoms with van der Waals surface area (Å²) >= 11 is 0. The van der Waals surface area contributed by atoms with E-state index in [0.29, 0.717) is 5.92 Å². The topological polar surface area (TPSA) is 26.3 Å². The van der Waals surface area contributed by atoms with Crippen LogP contribution < -0.4 is 0 Å². The molecule has 2 fully saturated rings. The van der Waals surface area contributed by atoms with Gasteiger partial charge in [0, 0.05) is 0 Å². The van der Waals surface area contributed by atoms with Crippen LogP contribution in [0.15, 0.2) is 11.6 Å². The molecule has 2 nitrogen and oxygen atoms in total. The minimum atomic E-state index is -0.186. The molecule has 0 aromatic carbocycles. The molecule has 2 aliphatic rings. The van der Waals surface area contributed by atoms with E-state index < -0.39 is 0 Å². The number of methoxy groups -OCH3 is 1. The first-order valence-electron chi connectivity index (χ1n) is 7.99. The summed E-state index contributed by atoms with van der Waals surface area (Å²) in [5.74, 6) is 0.586. The highest BCUT2D eigenvalue weighted by atomic mass is 16.5. The summed E-state index contributed by atoms with van der Waals surface area (Å²) in [6.07, 6.45) is 14.2. The third kappa shape index (κ3) is 3.04. The molecule has 0 aliphatic heterocycles. The van der Waals surface area contributed by atoms with Crippen molar-refractivity contribution in [3.63, 3.8) is 0 Å². The lowest BCUT2D eigenvalue weighted by Crippen LogP contribution is -2.36. The second-order valence-electron chi connectivity index (χ2n) is 6.33. The van der Waals surface area contributed by atoms with Crippen LogP contribution in [0.2, 0.25) is 0 Å². The van der Waals surface area contributed by atoms with Crippen molar-refractivity contribution in [3.05, 3.63) is 11.6 Å². The molecule has 0 heterocycles. The Balaban J connectivity index is 2.21. The lowest BCUT2D eigenvalue weighted by Gasteiger charge is -2.34. The van der Waals surface area contributed by atoms with Crippen LogP contribution in [-0.2, 0) is 9.53 Å². The average molecular weight is 264 g/mol. The second-order valence-corrected chi connectivity index (χ2v) is 6.33. The van der Waals surface area contributed by atoms with Gasteiger partial charge in [-0.25, -0.2) is 0 Å². The summed E-state index contributed by atoms with van der Waals surface area (Å²) in [6, 6.07) is 0. The molecule has 2 heteroatoms. The highest BCUT2D eigenvalue weighted by molar-refractivity contribution is 5.78. The largest absolute Gasteiger partial charge is 0.469 e. The Morgan fingerprint density at radius 2 is 2.16 bits per heavy atom. The maximum Gasteiger partial charge on any atom is 0.312 e. The van der Waals surface area contributed by atoms with Gasteiger partial charge in [-0.3, -0.25) is 4.79 Å². The number of esters is 1. The molecular weight excluding hydrogens is 236 g/mol. The van der Waals surface area contributed by atoms with Crippen molar-refractivity contribution >= 4 is 5.97 Å². The molecule has 0 N–H and O–H groups in total. The van der Waals surface area contributed by atoms with Crippen LogP contribution in [0.1, 0.15) is 71.1 Å². The predicted molar refractivity (Wildman–Crippen MR) is 77.9 cm³/mol. The van der Waals surface area contributed by atoms with Gasteiger partial charge in [0.1, 0.15) is 0 Å². The summed E-state index contributed by atoms with van der Waals surface area (Å²) in [7, 11) is 1.56. The van der Waals surface area contributed by atoms with Crippen molar-refractivity contribution in [2.24, 2.45) is 11.3 Å². The van der Waals surface area contributed by atoms with E-state index in [1.165, 1.54) is 44.1 Å². The van der Waals surface area contributed by atoms with E-state index in [2.05, 4.69) is 13.0 Å². The van der Waals surface area contributed by atoms with Crippen molar-refractivity contribution in [2.75, 3.05) is 7.11 Å². The molecule has 0 aromatic rings. The zero-order valence-corrected chi connectivity index (χ0v) is 12.5. The molecule has 0 saturated heterocycles. The zero-order valence-electron chi connectivity index (χ0n) is 12.5. The van der Waals surface area contributed by atoms with Crippen molar-refractivity contribution in [3.8, 4) is 0 Å². The van der Waals surface area contributed by atoms with Gasteiger partial charge in [-0.2, -0.15) is 0 Å². The molecule has 2 rings (SSSR count). The minimum Gasteiger partial charge on any atom is -0.469 e.